The zero-order valence-corrected chi connectivity index (χ0v) is 9.44. The minimum atomic E-state index is -4.49. The number of rotatable bonds is 4. The smallest absolute Gasteiger partial charge is 0.416 e. The third kappa shape index (κ3) is 4.25. The van der Waals surface area contributed by atoms with Crippen LogP contribution in [-0.2, 0) is 11.0 Å². The van der Waals surface area contributed by atoms with Crippen LogP contribution in [0.3, 0.4) is 0 Å². The van der Waals surface area contributed by atoms with Crippen LogP contribution in [0.5, 0.6) is 0 Å². The van der Waals surface area contributed by atoms with Crippen molar-refractivity contribution in [2.45, 2.75) is 12.3 Å². The Hall–Kier alpha value is -2.09. The Bertz CT molecular complexity index is 470. The van der Waals surface area contributed by atoms with Crippen LogP contribution in [0.4, 0.5) is 13.2 Å². The summed E-state index contributed by atoms with van der Waals surface area (Å²) in [6.07, 6.45) is -6.26. The van der Waals surface area contributed by atoms with Crippen LogP contribution in [-0.4, -0.2) is 34.7 Å². The van der Waals surface area contributed by atoms with Crippen molar-refractivity contribution in [1.29, 1.82) is 0 Å². The van der Waals surface area contributed by atoms with Crippen molar-refractivity contribution < 1.29 is 33.0 Å². The highest BCUT2D eigenvalue weighted by molar-refractivity contribution is 5.94. The molecule has 19 heavy (non-hydrogen) atoms. The second-order valence-electron chi connectivity index (χ2n) is 3.64. The normalized spacial score (nSPS) is 12.8. The van der Waals surface area contributed by atoms with Crippen molar-refractivity contribution in [3.05, 3.63) is 35.4 Å². The first kappa shape index (κ1) is 15.0. The zero-order chi connectivity index (χ0) is 14.6. The van der Waals surface area contributed by atoms with Crippen molar-refractivity contribution in [2.24, 2.45) is 0 Å². The number of nitrogens with one attached hydrogen (secondary N) is 1. The Balaban J connectivity index is 2.66. The van der Waals surface area contributed by atoms with Gasteiger partial charge in [-0.2, -0.15) is 13.2 Å². The summed E-state index contributed by atoms with van der Waals surface area (Å²) >= 11 is 0. The van der Waals surface area contributed by atoms with Gasteiger partial charge in [0.2, 0.25) is 0 Å². The molecule has 1 aromatic carbocycles. The summed E-state index contributed by atoms with van der Waals surface area (Å²) < 4.78 is 36.8. The number of aliphatic carboxylic acids is 1. The number of carbonyl (C=O) groups is 2. The van der Waals surface area contributed by atoms with Crippen LogP contribution in [0.15, 0.2) is 24.3 Å². The van der Waals surface area contributed by atoms with Gasteiger partial charge >= 0.3 is 12.1 Å². The number of aliphatic hydroxyl groups excluding tert-OH is 1. The Morgan fingerprint density at radius 3 is 2.16 bits per heavy atom. The van der Waals surface area contributed by atoms with E-state index in [1.807, 2.05) is 0 Å². The van der Waals surface area contributed by atoms with E-state index in [1.54, 1.807) is 0 Å². The van der Waals surface area contributed by atoms with E-state index in [-0.39, 0.29) is 5.56 Å². The van der Waals surface area contributed by atoms with Crippen LogP contribution in [0.1, 0.15) is 15.9 Å². The molecule has 0 aliphatic carbocycles. The predicted molar refractivity (Wildman–Crippen MR) is 57.4 cm³/mol. The van der Waals surface area contributed by atoms with E-state index in [9.17, 15) is 22.8 Å². The number of hydrogen-bond donors (Lipinski definition) is 3. The monoisotopic (exact) mass is 277 g/mol. The average Bonchev–Trinajstić information content (AvgIpc) is 2.34. The van der Waals surface area contributed by atoms with Gasteiger partial charge in [-0.05, 0) is 24.3 Å². The number of carbonyl (C=O) groups excluding carboxylic acids is 1. The molecule has 104 valence electrons. The number of halogens is 3. The van der Waals surface area contributed by atoms with E-state index in [0.717, 1.165) is 24.3 Å². The van der Waals surface area contributed by atoms with Crippen molar-refractivity contribution in [3.8, 4) is 0 Å². The van der Waals surface area contributed by atoms with Crippen molar-refractivity contribution in [3.63, 3.8) is 0 Å². The number of carboxylic acids is 1. The van der Waals surface area contributed by atoms with Gasteiger partial charge in [0.15, 0.2) is 6.10 Å². The lowest BCUT2D eigenvalue weighted by Crippen LogP contribution is -2.36. The largest absolute Gasteiger partial charge is 0.479 e. The molecule has 0 aliphatic heterocycles. The van der Waals surface area contributed by atoms with E-state index in [0.29, 0.717) is 0 Å². The number of aliphatic hydroxyl groups is 1. The quantitative estimate of drug-likeness (QED) is 0.762. The van der Waals surface area contributed by atoms with E-state index in [1.165, 1.54) is 0 Å². The highest BCUT2D eigenvalue weighted by atomic mass is 19.4. The molecule has 0 saturated heterocycles. The van der Waals surface area contributed by atoms with Crippen molar-refractivity contribution in [2.75, 3.05) is 6.54 Å². The average molecular weight is 277 g/mol. The van der Waals surface area contributed by atoms with Gasteiger partial charge in [-0.15, -0.1) is 0 Å². The van der Waals surface area contributed by atoms with Gasteiger partial charge in [0.1, 0.15) is 0 Å². The molecule has 0 aliphatic rings. The summed E-state index contributed by atoms with van der Waals surface area (Å²) in [4.78, 5) is 21.7. The first-order valence-corrected chi connectivity index (χ1v) is 5.08. The molecule has 0 heterocycles. The summed E-state index contributed by atoms with van der Waals surface area (Å²) in [5.74, 6) is -2.28. The summed E-state index contributed by atoms with van der Waals surface area (Å²) in [6.45, 7) is -0.533. The molecule has 0 radical (unpaired) electrons. The van der Waals surface area contributed by atoms with Crippen molar-refractivity contribution in [1.82, 2.24) is 5.32 Å². The molecule has 3 N–H and O–H groups in total. The van der Waals surface area contributed by atoms with Gasteiger partial charge in [-0.3, -0.25) is 4.79 Å². The number of amides is 1. The fraction of sp³-hybridized carbons (Fsp3) is 0.273. The fourth-order valence-corrected chi connectivity index (χ4v) is 1.19. The number of alkyl halides is 3. The maximum Gasteiger partial charge on any atom is 0.416 e. The van der Waals surface area contributed by atoms with Crippen LogP contribution in [0, 0.1) is 0 Å². The lowest BCUT2D eigenvalue weighted by Gasteiger charge is -2.09. The fourth-order valence-electron chi connectivity index (χ4n) is 1.19. The first-order chi connectivity index (χ1) is 8.71. The van der Waals surface area contributed by atoms with Crippen LogP contribution >= 0.6 is 0 Å². The minimum Gasteiger partial charge on any atom is -0.479 e. The molecular weight excluding hydrogens is 267 g/mol. The molecule has 0 fully saturated rings. The molecule has 1 amide bonds. The maximum absolute atomic E-state index is 12.3. The van der Waals surface area contributed by atoms with E-state index < -0.39 is 36.3 Å². The molecule has 0 aromatic heterocycles. The van der Waals surface area contributed by atoms with Gasteiger partial charge in [0.05, 0.1) is 12.1 Å². The van der Waals surface area contributed by atoms with E-state index in [2.05, 4.69) is 5.32 Å². The lowest BCUT2D eigenvalue weighted by atomic mass is 10.1. The van der Waals surface area contributed by atoms with Gasteiger partial charge in [0, 0.05) is 5.56 Å². The Morgan fingerprint density at radius 1 is 1.21 bits per heavy atom. The Morgan fingerprint density at radius 2 is 1.74 bits per heavy atom. The minimum absolute atomic E-state index is 0.0643. The Labute approximate surface area is 105 Å². The molecule has 5 nitrogen and oxygen atoms in total. The molecule has 8 heteroatoms. The number of carboxylic acid groups (broad SMARTS) is 1. The van der Waals surface area contributed by atoms with Crippen LogP contribution in [0.25, 0.3) is 0 Å². The third-order valence-electron chi connectivity index (χ3n) is 2.22. The summed E-state index contributed by atoms with van der Waals surface area (Å²) in [6, 6.07) is 3.40. The predicted octanol–water partition coefficient (Wildman–Crippen LogP) is 0.881. The van der Waals surface area contributed by atoms with Crippen molar-refractivity contribution >= 4 is 11.9 Å². The molecule has 0 saturated carbocycles. The lowest BCUT2D eigenvalue weighted by molar-refractivity contribution is -0.146. The van der Waals surface area contributed by atoms with Gasteiger partial charge in [0.25, 0.3) is 5.91 Å². The van der Waals surface area contributed by atoms with Gasteiger partial charge in [-0.25, -0.2) is 4.79 Å². The van der Waals surface area contributed by atoms with Gasteiger partial charge in [-0.1, -0.05) is 0 Å². The maximum atomic E-state index is 12.3. The molecule has 0 unspecified atom stereocenters. The molecule has 1 rings (SSSR count). The third-order valence-corrected chi connectivity index (χ3v) is 2.22. The van der Waals surface area contributed by atoms with Crippen LogP contribution in [0.2, 0.25) is 0 Å². The zero-order valence-electron chi connectivity index (χ0n) is 9.44. The van der Waals surface area contributed by atoms with E-state index in [4.69, 9.17) is 10.2 Å². The highest BCUT2D eigenvalue weighted by Gasteiger charge is 2.30. The molecule has 1 aromatic rings. The Kier molecular flexibility index (Phi) is 4.49. The highest BCUT2D eigenvalue weighted by Crippen LogP contribution is 2.28. The van der Waals surface area contributed by atoms with Crippen LogP contribution < -0.4 is 5.32 Å². The molecule has 0 spiro atoms. The number of hydrogen-bond acceptors (Lipinski definition) is 3. The SMILES string of the molecule is O=C(NC[C@H](O)C(=O)O)c1ccc(C(F)(F)F)cc1. The second-order valence-corrected chi connectivity index (χ2v) is 3.64. The number of benzene rings is 1. The molecular formula is C11H10F3NO4. The summed E-state index contributed by atoms with van der Waals surface area (Å²) in [7, 11) is 0. The van der Waals surface area contributed by atoms with Gasteiger partial charge < -0.3 is 15.5 Å². The summed E-state index contributed by atoms with van der Waals surface area (Å²) in [5, 5.41) is 19.4. The second kappa shape index (κ2) is 5.70. The topological polar surface area (TPSA) is 86.6 Å². The molecule has 0 bridgehead atoms. The summed E-state index contributed by atoms with van der Waals surface area (Å²) in [5.41, 5.74) is -0.958. The first-order valence-electron chi connectivity index (χ1n) is 5.08. The standard InChI is InChI=1S/C11H10F3NO4/c12-11(13,14)7-3-1-6(2-4-7)9(17)15-5-8(16)10(18)19/h1-4,8,16H,5H2,(H,15,17)(H,18,19)/t8-/m0/s1. The molecule has 1 atom stereocenters. The van der Waals surface area contributed by atoms with E-state index >= 15 is 0 Å².